The van der Waals surface area contributed by atoms with Gasteiger partial charge in [-0.2, -0.15) is 0 Å². The quantitative estimate of drug-likeness (QED) is 0.611. The van der Waals surface area contributed by atoms with Gasteiger partial charge in [0.15, 0.2) is 0 Å². The van der Waals surface area contributed by atoms with Gasteiger partial charge >= 0.3 is 0 Å². The number of primary amides is 1. The van der Waals surface area contributed by atoms with E-state index in [1.165, 1.54) is 7.11 Å². The predicted octanol–water partition coefficient (Wildman–Crippen LogP) is -0.732. The summed E-state index contributed by atoms with van der Waals surface area (Å²) in [6, 6.07) is 0.248. The van der Waals surface area contributed by atoms with E-state index in [9.17, 15) is 14.4 Å². The number of methoxy groups -OCH3 is 1. The zero-order valence-electron chi connectivity index (χ0n) is 11.7. The van der Waals surface area contributed by atoms with Crippen molar-refractivity contribution >= 4 is 11.8 Å². The van der Waals surface area contributed by atoms with E-state index in [-0.39, 0.29) is 30.2 Å². The molecule has 2 amide bonds. The van der Waals surface area contributed by atoms with Crippen molar-refractivity contribution in [2.45, 2.75) is 31.2 Å². The van der Waals surface area contributed by atoms with Gasteiger partial charge < -0.3 is 20.8 Å². The Kier molecular flexibility index (Phi) is 4.69. The minimum atomic E-state index is -0.858. The first-order valence-electron chi connectivity index (χ1n) is 6.71. The van der Waals surface area contributed by atoms with Crippen molar-refractivity contribution in [2.24, 2.45) is 5.73 Å². The van der Waals surface area contributed by atoms with Gasteiger partial charge in [-0.1, -0.05) is 0 Å². The van der Waals surface area contributed by atoms with Crippen molar-refractivity contribution in [3.8, 4) is 0 Å². The number of aromatic amines is 1. The molecular weight excluding hydrogens is 276 g/mol. The third-order valence-corrected chi connectivity index (χ3v) is 3.22. The average molecular weight is 294 g/mol. The highest BCUT2D eigenvalue weighted by Crippen LogP contribution is 2.37. The zero-order valence-corrected chi connectivity index (χ0v) is 11.7. The average Bonchev–Trinajstić information content (AvgIpc) is 3.26. The fourth-order valence-corrected chi connectivity index (χ4v) is 1.90. The van der Waals surface area contributed by atoms with E-state index in [2.05, 4.69) is 15.3 Å². The fourth-order valence-electron chi connectivity index (χ4n) is 1.90. The number of nitrogens with one attached hydrogen (secondary N) is 2. The molecule has 1 aliphatic rings. The van der Waals surface area contributed by atoms with Gasteiger partial charge in [-0.05, 0) is 19.3 Å². The maximum atomic E-state index is 12.1. The molecule has 1 atom stereocenters. The van der Waals surface area contributed by atoms with Gasteiger partial charge in [0, 0.05) is 25.7 Å². The standard InChI is InChI=1S/C13H18N4O4/c1-21-5-4-8(11(14)19)16-13(20)9-6-10(18)17-12(15-9)7-2-3-7/h6-8H,2-5H2,1H3,(H2,14,19)(H,16,20)(H,15,17,18). The SMILES string of the molecule is COCCC(NC(=O)c1cc(=O)[nH]c(C2CC2)n1)C(N)=O. The van der Waals surface area contributed by atoms with Crippen LogP contribution < -0.4 is 16.6 Å². The number of carbonyl (C=O) groups is 2. The van der Waals surface area contributed by atoms with Crippen molar-refractivity contribution in [3.63, 3.8) is 0 Å². The van der Waals surface area contributed by atoms with Crippen LogP contribution in [-0.2, 0) is 9.53 Å². The van der Waals surface area contributed by atoms with Crippen molar-refractivity contribution in [3.05, 3.63) is 27.9 Å². The summed E-state index contributed by atoms with van der Waals surface area (Å²) >= 11 is 0. The molecule has 0 radical (unpaired) electrons. The third-order valence-electron chi connectivity index (χ3n) is 3.22. The molecule has 0 bridgehead atoms. The monoisotopic (exact) mass is 294 g/mol. The van der Waals surface area contributed by atoms with E-state index in [0.29, 0.717) is 5.82 Å². The number of carbonyl (C=O) groups excluding carboxylic acids is 2. The lowest BCUT2D eigenvalue weighted by molar-refractivity contribution is -0.120. The van der Waals surface area contributed by atoms with Gasteiger partial charge in [0.1, 0.15) is 17.6 Å². The van der Waals surface area contributed by atoms with Crippen LogP contribution in [0.15, 0.2) is 10.9 Å². The van der Waals surface area contributed by atoms with Crippen LogP contribution in [0.3, 0.4) is 0 Å². The molecule has 8 heteroatoms. The molecule has 4 N–H and O–H groups in total. The number of nitrogens with zero attached hydrogens (tertiary/aromatic N) is 1. The summed E-state index contributed by atoms with van der Waals surface area (Å²) in [6.45, 7) is 0.282. The lowest BCUT2D eigenvalue weighted by Gasteiger charge is -2.14. The second-order valence-electron chi connectivity index (χ2n) is 5.00. The summed E-state index contributed by atoms with van der Waals surface area (Å²) in [7, 11) is 1.49. The Morgan fingerprint density at radius 1 is 1.57 bits per heavy atom. The van der Waals surface area contributed by atoms with Crippen molar-refractivity contribution in [1.82, 2.24) is 15.3 Å². The van der Waals surface area contributed by atoms with Crippen molar-refractivity contribution < 1.29 is 14.3 Å². The number of rotatable bonds is 7. The molecule has 1 heterocycles. The molecule has 1 aromatic heterocycles. The van der Waals surface area contributed by atoms with Gasteiger partial charge in [-0.15, -0.1) is 0 Å². The first kappa shape index (κ1) is 15.2. The molecule has 8 nitrogen and oxygen atoms in total. The molecule has 1 aromatic rings. The predicted molar refractivity (Wildman–Crippen MR) is 73.8 cm³/mol. The molecule has 2 rings (SSSR count). The van der Waals surface area contributed by atoms with Crippen LogP contribution in [0.2, 0.25) is 0 Å². The molecule has 1 fully saturated rings. The Labute approximate surface area is 121 Å². The first-order chi connectivity index (χ1) is 10.0. The topological polar surface area (TPSA) is 127 Å². The van der Waals surface area contributed by atoms with Crippen molar-refractivity contribution in [2.75, 3.05) is 13.7 Å². The van der Waals surface area contributed by atoms with Crippen molar-refractivity contribution in [1.29, 1.82) is 0 Å². The van der Waals surface area contributed by atoms with Gasteiger partial charge in [0.2, 0.25) is 5.91 Å². The molecule has 21 heavy (non-hydrogen) atoms. The Hall–Kier alpha value is -2.22. The van der Waals surface area contributed by atoms with Crippen LogP contribution in [0.25, 0.3) is 0 Å². The van der Waals surface area contributed by atoms with E-state index >= 15 is 0 Å². The van der Waals surface area contributed by atoms with Crippen LogP contribution in [0.4, 0.5) is 0 Å². The summed E-state index contributed by atoms with van der Waals surface area (Å²) < 4.78 is 4.86. The normalized spacial score (nSPS) is 15.5. The fraction of sp³-hybridized carbons (Fsp3) is 0.538. The lowest BCUT2D eigenvalue weighted by atomic mass is 10.2. The van der Waals surface area contributed by atoms with Crippen LogP contribution in [0.1, 0.15) is 41.5 Å². The highest BCUT2D eigenvalue weighted by atomic mass is 16.5. The van der Waals surface area contributed by atoms with E-state index in [1.54, 1.807) is 0 Å². The van der Waals surface area contributed by atoms with Gasteiger partial charge in [0.25, 0.3) is 11.5 Å². The molecule has 1 aliphatic carbocycles. The second kappa shape index (κ2) is 6.49. The first-order valence-corrected chi connectivity index (χ1v) is 6.71. The number of hydrogen-bond acceptors (Lipinski definition) is 5. The number of ether oxygens (including phenoxy) is 1. The highest BCUT2D eigenvalue weighted by molar-refractivity contribution is 5.95. The summed E-state index contributed by atoms with van der Waals surface area (Å²) in [5.74, 6) is -0.526. The lowest BCUT2D eigenvalue weighted by Crippen LogP contribution is -2.45. The summed E-state index contributed by atoms with van der Waals surface area (Å²) in [5, 5.41) is 2.47. The number of H-pyrrole nitrogens is 1. The van der Waals surface area contributed by atoms with Crippen LogP contribution in [0, 0.1) is 0 Å². The third kappa shape index (κ3) is 4.12. The summed E-state index contributed by atoms with van der Waals surface area (Å²) in [6.07, 6.45) is 2.16. The van der Waals surface area contributed by atoms with E-state index in [1.807, 2.05) is 0 Å². The Morgan fingerprint density at radius 3 is 2.86 bits per heavy atom. The maximum absolute atomic E-state index is 12.1. The summed E-state index contributed by atoms with van der Waals surface area (Å²) in [4.78, 5) is 41.7. The number of nitrogens with two attached hydrogens (primary N) is 1. The number of aromatic nitrogens is 2. The Morgan fingerprint density at radius 2 is 2.29 bits per heavy atom. The van der Waals surface area contributed by atoms with E-state index in [4.69, 9.17) is 10.5 Å². The van der Waals surface area contributed by atoms with Gasteiger partial charge in [0.05, 0.1) is 0 Å². The van der Waals surface area contributed by atoms with Crippen LogP contribution in [-0.4, -0.2) is 41.5 Å². The molecule has 0 aliphatic heterocycles. The highest BCUT2D eigenvalue weighted by Gasteiger charge is 2.27. The van der Waals surface area contributed by atoms with Gasteiger partial charge in [-0.25, -0.2) is 4.98 Å². The zero-order chi connectivity index (χ0) is 15.4. The molecule has 114 valence electrons. The minimum Gasteiger partial charge on any atom is -0.385 e. The number of amides is 2. The smallest absolute Gasteiger partial charge is 0.270 e. The molecule has 1 saturated carbocycles. The number of hydrogen-bond donors (Lipinski definition) is 3. The van der Waals surface area contributed by atoms with Crippen LogP contribution >= 0.6 is 0 Å². The molecular formula is C13H18N4O4. The second-order valence-corrected chi connectivity index (χ2v) is 5.00. The maximum Gasteiger partial charge on any atom is 0.270 e. The summed E-state index contributed by atoms with van der Waals surface area (Å²) in [5.41, 5.74) is 4.83. The Bertz CT molecular complexity index is 594. The van der Waals surface area contributed by atoms with E-state index in [0.717, 1.165) is 18.9 Å². The Balaban J connectivity index is 2.11. The molecule has 1 unspecified atom stereocenters. The van der Waals surface area contributed by atoms with Crippen LogP contribution in [0.5, 0.6) is 0 Å². The van der Waals surface area contributed by atoms with E-state index < -0.39 is 17.9 Å². The largest absolute Gasteiger partial charge is 0.385 e. The molecule has 0 aromatic carbocycles. The minimum absolute atomic E-state index is 0.00989. The van der Waals surface area contributed by atoms with Gasteiger partial charge in [-0.3, -0.25) is 14.4 Å². The molecule has 0 spiro atoms. The molecule has 0 saturated heterocycles.